The molecule has 0 aliphatic rings. The molecular weight excluding hydrogens is 328 g/mol. The van der Waals surface area contributed by atoms with Crippen molar-refractivity contribution in [3.05, 3.63) is 52.4 Å². The number of aryl methyl sites for hydroxylation is 1. The summed E-state index contributed by atoms with van der Waals surface area (Å²) in [6.45, 7) is 0. The van der Waals surface area contributed by atoms with Crippen molar-refractivity contribution in [1.29, 1.82) is 0 Å². The van der Waals surface area contributed by atoms with Crippen LogP contribution in [0.1, 0.15) is 10.4 Å². The van der Waals surface area contributed by atoms with Gasteiger partial charge in [-0.1, -0.05) is 0 Å². The van der Waals surface area contributed by atoms with E-state index >= 15 is 0 Å². The molecule has 0 saturated carbocycles. The maximum atomic E-state index is 12.5. The summed E-state index contributed by atoms with van der Waals surface area (Å²) in [7, 11) is 3.15. The van der Waals surface area contributed by atoms with E-state index in [-0.39, 0.29) is 11.3 Å². The van der Waals surface area contributed by atoms with E-state index in [2.05, 4.69) is 21.7 Å². The number of halogens is 3. The molecule has 23 heavy (non-hydrogen) atoms. The predicted octanol–water partition coefficient (Wildman–Crippen LogP) is 1.06. The van der Waals surface area contributed by atoms with Gasteiger partial charge in [-0.2, -0.15) is 0 Å². The minimum atomic E-state index is -3.79. The van der Waals surface area contributed by atoms with Crippen LogP contribution >= 0.6 is 11.6 Å². The quantitative estimate of drug-likeness (QED) is 0.669. The first-order valence-corrected chi connectivity index (χ1v) is 6.88. The first-order valence-electron chi connectivity index (χ1n) is 6.50. The minimum Gasteiger partial charge on any atom is -0.420 e. The molecule has 0 bridgehead atoms. The van der Waals surface area contributed by atoms with Crippen molar-refractivity contribution in [3.8, 4) is 5.75 Å². The Morgan fingerprint density at radius 2 is 1.96 bits per heavy atom. The molecule has 0 aliphatic carbocycles. The van der Waals surface area contributed by atoms with E-state index in [4.69, 9.17) is 0 Å². The summed E-state index contributed by atoms with van der Waals surface area (Å²) >= 11 is 4.66. The number of hydrogen-bond acceptors (Lipinski definition) is 3. The van der Waals surface area contributed by atoms with Gasteiger partial charge in [0, 0.05) is 30.5 Å². The number of carbonyl (C=O) groups excluding carboxylic acids is 1. The zero-order valence-electron chi connectivity index (χ0n) is 12.3. The highest BCUT2D eigenvalue weighted by atomic mass is 35.5. The van der Waals surface area contributed by atoms with Crippen molar-refractivity contribution in [3.63, 3.8) is 0 Å². The summed E-state index contributed by atoms with van der Waals surface area (Å²) in [5.74, 6) is -0.569. The fraction of sp³-hybridized carbons (Fsp3) is 0.143. The van der Waals surface area contributed by atoms with Crippen LogP contribution in [0.5, 0.6) is 5.75 Å². The largest absolute Gasteiger partial charge is 0.487 e. The molecule has 0 unspecified atom stereocenters. The predicted molar refractivity (Wildman–Crippen MR) is 85.7 cm³/mol. The number of benzene rings is 1. The SMILES string of the molecule is Bc1cc(C(=O)Nc2ccc(OC(F)(F)Cl)cc2)cn(C)c1=O. The summed E-state index contributed by atoms with van der Waals surface area (Å²) in [6, 6.07) is 6.76. The van der Waals surface area contributed by atoms with Gasteiger partial charge < -0.3 is 14.6 Å². The molecule has 0 aliphatic heterocycles. The van der Waals surface area contributed by atoms with Crippen LogP contribution in [0.15, 0.2) is 41.3 Å². The van der Waals surface area contributed by atoms with Crippen molar-refractivity contribution in [2.24, 2.45) is 7.05 Å². The molecule has 5 nitrogen and oxygen atoms in total. The summed E-state index contributed by atoms with van der Waals surface area (Å²) < 4.78 is 30.5. The Bertz CT molecular complexity index is 762. The number of hydrogen-bond donors (Lipinski definition) is 1. The van der Waals surface area contributed by atoms with Crippen molar-refractivity contribution < 1.29 is 18.3 Å². The Morgan fingerprint density at radius 1 is 1.35 bits per heavy atom. The standard InChI is InChI=1S/C14H12BClF2N2O3/c1-20-7-8(6-11(15)13(20)22)12(21)19-9-2-4-10(5-3-9)23-14(16,17)18/h2-7H,15H2,1H3,(H,19,21). The zero-order chi connectivity index (χ0) is 17.2. The van der Waals surface area contributed by atoms with Gasteiger partial charge in [0.2, 0.25) is 5.56 Å². The van der Waals surface area contributed by atoms with Crippen molar-refractivity contribution in [2.75, 3.05) is 5.32 Å². The van der Waals surface area contributed by atoms with Crippen LogP contribution in [0.4, 0.5) is 14.5 Å². The molecule has 0 fully saturated rings. The number of amides is 1. The van der Waals surface area contributed by atoms with E-state index in [0.717, 1.165) is 0 Å². The number of alkyl halides is 3. The molecule has 2 rings (SSSR count). The number of nitrogens with zero attached hydrogens (tertiary/aromatic N) is 1. The van der Waals surface area contributed by atoms with Crippen LogP contribution in [0, 0.1) is 0 Å². The number of carbonyl (C=O) groups is 1. The second kappa shape index (κ2) is 6.41. The molecule has 0 atom stereocenters. The van der Waals surface area contributed by atoms with Crippen LogP contribution in [-0.2, 0) is 7.05 Å². The molecule has 9 heteroatoms. The maximum Gasteiger partial charge on any atom is 0.487 e. The number of pyridine rings is 1. The molecule has 1 aromatic heterocycles. The summed E-state index contributed by atoms with van der Waals surface area (Å²) in [5.41, 5.74) is -2.86. The molecule has 1 heterocycles. The third kappa shape index (κ3) is 4.56. The van der Waals surface area contributed by atoms with Gasteiger partial charge in [0.25, 0.3) is 5.91 Å². The molecule has 2 aromatic rings. The normalized spacial score (nSPS) is 11.1. The van der Waals surface area contributed by atoms with Crippen LogP contribution in [-0.4, -0.2) is 23.9 Å². The van der Waals surface area contributed by atoms with Crippen LogP contribution in [0.2, 0.25) is 0 Å². The highest BCUT2D eigenvalue weighted by molar-refractivity contribution is 6.32. The molecule has 0 spiro atoms. The lowest BCUT2D eigenvalue weighted by Gasteiger charge is -2.11. The fourth-order valence-corrected chi connectivity index (χ4v) is 2.03. The van der Waals surface area contributed by atoms with Gasteiger partial charge in [-0.25, -0.2) is 0 Å². The fourth-order valence-electron chi connectivity index (χ4n) is 1.95. The monoisotopic (exact) mass is 340 g/mol. The smallest absolute Gasteiger partial charge is 0.420 e. The van der Waals surface area contributed by atoms with E-state index < -0.39 is 11.5 Å². The third-order valence-electron chi connectivity index (χ3n) is 2.97. The number of ether oxygens (including phenoxy) is 1. The maximum absolute atomic E-state index is 12.5. The molecule has 0 radical (unpaired) electrons. The van der Waals surface area contributed by atoms with Crippen LogP contribution in [0.25, 0.3) is 0 Å². The Morgan fingerprint density at radius 3 is 2.48 bits per heavy atom. The lowest BCUT2D eigenvalue weighted by Crippen LogP contribution is -2.34. The Balaban J connectivity index is 2.13. The highest BCUT2D eigenvalue weighted by Gasteiger charge is 2.27. The molecule has 1 amide bonds. The van der Waals surface area contributed by atoms with E-state index in [1.807, 2.05) is 0 Å². The zero-order valence-corrected chi connectivity index (χ0v) is 13.0. The number of nitrogens with one attached hydrogen (secondary N) is 1. The molecule has 1 aromatic carbocycles. The number of aromatic nitrogens is 1. The molecular formula is C14H12BClF2N2O3. The second-order valence-corrected chi connectivity index (χ2v) is 5.29. The highest BCUT2D eigenvalue weighted by Crippen LogP contribution is 2.25. The Labute approximate surface area is 136 Å². The van der Waals surface area contributed by atoms with Crippen LogP contribution in [0.3, 0.4) is 0 Å². The first kappa shape index (κ1) is 17.0. The summed E-state index contributed by atoms with van der Waals surface area (Å²) in [6.07, 6.45) is 1.41. The van der Waals surface area contributed by atoms with Gasteiger partial charge in [-0.05, 0) is 35.8 Å². The topological polar surface area (TPSA) is 60.3 Å². The summed E-state index contributed by atoms with van der Waals surface area (Å²) in [4.78, 5) is 23.7. The van der Waals surface area contributed by atoms with Crippen molar-refractivity contribution >= 4 is 36.5 Å². The number of anilines is 1. The first-order chi connectivity index (χ1) is 10.7. The lowest BCUT2D eigenvalue weighted by molar-refractivity contribution is -0.0964. The molecule has 120 valence electrons. The van der Waals surface area contributed by atoms with Gasteiger partial charge in [0.1, 0.15) is 13.6 Å². The van der Waals surface area contributed by atoms with Gasteiger partial charge >= 0.3 is 5.57 Å². The average Bonchev–Trinajstić information content (AvgIpc) is 2.44. The Kier molecular flexibility index (Phi) is 4.75. The van der Waals surface area contributed by atoms with Gasteiger partial charge in [-0.3, -0.25) is 9.59 Å². The van der Waals surface area contributed by atoms with E-state index in [1.165, 1.54) is 41.1 Å². The van der Waals surface area contributed by atoms with E-state index in [0.29, 0.717) is 16.7 Å². The van der Waals surface area contributed by atoms with E-state index in [9.17, 15) is 18.4 Å². The minimum absolute atomic E-state index is 0.138. The second-order valence-electron chi connectivity index (χ2n) is 4.85. The molecule has 1 N–H and O–H groups in total. The van der Waals surface area contributed by atoms with Gasteiger partial charge in [0.05, 0.1) is 5.56 Å². The lowest BCUT2D eigenvalue weighted by atomic mass is 9.96. The van der Waals surface area contributed by atoms with Crippen molar-refractivity contribution in [1.82, 2.24) is 4.57 Å². The number of rotatable bonds is 4. The average molecular weight is 341 g/mol. The van der Waals surface area contributed by atoms with Gasteiger partial charge in [0.15, 0.2) is 0 Å². The van der Waals surface area contributed by atoms with Crippen molar-refractivity contribution in [2.45, 2.75) is 5.57 Å². The van der Waals surface area contributed by atoms with Gasteiger partial charge in [-0.15, -0.1) is 8.78 Å². The third-order valence-corrected chi connectivity index (χ3v) is 3.05. The van der Waals surface area contributed by atoms with Crippen LogP contribution < -0.4 is 21.1 Å². The molecule has 0 saturated heterocycles. The summed E-state index contributed by atoms with van der Waals surface area (Å²) in [5, 5.41) is 2.59. The Hall–Kier alpha value is -2.35. The van der Waals surface area contributed by atoms with E-state index in [1.54, 1.807) is 14.9 Å².